The van der Waals surface area contributed by atoms with E-state index in [0.29, 0.717) is 18.5 Å². The minimum atomic E-state index is 0.223. The van der Waals surface area contributed by atoms with Crippen molar-refractivity contribution in [2.24, 2.45) is 11.8 Å². The van der Waals surface area contributed by atoms with Gasteiger partial charge >= 0.3 is 0 Å². The lowest BCUT2D eigenvalue weighted by Crippen LogP contribution is -2.51. The second kappa shape index (κ2) is 7.41. The highest BCUT2D eigenvalue weighted by Gasteiger charge is 2.28. The predicted octanol–water partition coefficient (Wildman–Crippen LogP) is 1.56. The van der Waals surface area contributed by atoms with Crippen LogP contribution in [0.5, 0.6) is 0 Å². The Labute approximate surface area is 123 Å². The van der Waals surface area contributed by atoms with Gasteiger partial charge in [0.25, 0.3) is 0 Å². The van der Waals surface area contributed by atoms with Gasteiger partial charge in [-0.3, -0.25) is 9.69 Å². The molecule has 3 unspecified atom stereocenters. The molecule has 1 heterocycles. The number of carbonyl (C=O) groups excluding carboxylic acids is 1. The first-order chi connectivity index (χ1) is 9.60. The van der Waals surface area contributed by atoms with E-state index in [1.165, 1.54) is 12.8 Å². The Balaban J connectivity index is 1.72. The Morgan fingerprint density at radius 1 is 1.10 bits per heavy atom. The minimum Gasteiger partial charge on any atom is -0.352 e. The first kappa shape index (κ1) is 15.8. The highest BCUT2D eigenvalue weighted by atomic mass is 16.2. The zero-order valence-electron chi connectivity index (χ0n) is 13.4. The van der Waals surface area contributed by atoms with E-state index in [9.17, 15) is 4.79 Å². The van der Waals surface area contributed by atoms with Gasteiger partial charge in [0.15, 0.2) is 0 Å². The maximum atomic E-state index is 12.2. The molecule has 4 nitrogen and oxygen atoms in total. The molecule has 1 N–H and O–H groups in total. The number of piperazine rings is 1. The van der Waals surface area contributed by atoms with E-state index in [1.54, 1.807) is 0 Å². The number of hydrogen-bond acceptors (Lipinski definition) is 3. The maximum absolute atomic E-state index is 12.2. The van der Waals surface area contributed by atoms with Crippen LogP contribution >= 0.6 is 0 Å². The SMILES string of the molecule is CCN1CCN(CC(=O)NC2CCCC(C)C2C)CC1. The van der Waals surface area contributed by atoms with Crippen molar-refractivity contribution in [3.05, 3.63) is 0 Å². The number of likely N-dealkylation sites (N-methyl/N-ethyl adjacent to an activating group) is 1. The number of hydrogen-bond donors (Lipinski definition) is 1. The van der Waals surface area contributed by atoms with Gasteiger partial charge in [-0.05, 0) is 24.8 Å². The number of carbonyl (C=O) groups is 1. The highest BCUT2D eigenvalue weighted by Crippen LogP contribution is 2.29. The van der Waals surface area contributed by atoms with E-state index < -0.39 is 0 Å². The van der Waals surface area contributed by atoms with Gasteiger partial charge in [-0.2, -0.15) is 0 Å². The Hall–Kier alpha value is -0.610. The Kier molecular flexibility index (Phi) is 5.85. The minimum absolute atomic E-state index is 0.223. The molecule has 4 heteroatoms. The summed E-state index contributed by atoms with van der Waals surface area (Å²) in [5, 5.41) is 3.28. The fourth-order valence-corrected chi connectivity index (χ4v) is 3.50. The lowest BCUT2D eigenvalue weighted by Gasteiger charge is -2.36. The Morgan fingerprint density at radius 2 is 1.75 bits per heavy atom. The van der Waals surface area contributed by atoms with Crippen LogP contribution < -0.4 is 5.32 Å². The first-order valence-electron chi connectivity index (χ1n) is 8.34. The monoisotopic (exact) mass is 281 g/mol. The molecule has 0 aromatic carbocycles. The summed E-state index contributed by atoms with van der Waals surface area (Å²) in [7, 11) is 0. The Bertz CT molecular complexity index is 313. The van der Waals surface area contributed by atoms with Crippen molar-refractivity contribution in [2.75, 3.05) is 39.3 Å². The van der Waals surface area contributed by atoms with Crippen LogP contribution in [-0.2, 0) is 4.79 Å². The van der Waals surface area contributed by atoms with Gasteiger partial charge in [0, 0.05) is 32.2 Å². The second-order valence-electron chi connectivity index (χ2n) is 6.65. The molecule has 1 saturated heterocycles. The molecule has 116 valence electrons. The third-order valence-electron chi connectivity index (χ3n) is 5.33. The molecule has 2 fully saturated rings. The Morgan fingerprint density at radius 3 is 2.40 bits per heavy atom. The van der Waals surface area contributed by atoms with Crippen molar-refractivity contribution in [2.45, 2.75) is 46.1 Å². The number of amides is 1. The van der Waals surface area contributed by atoms with Gasteiger partial charge in [-0.15, -0.1) is 0 Å². The van der Waals surface area contributed by atoms with Crippen molar-refractivity contribution in [3.8, 4) is 0 Å². The van der Waals surface area contributed by atoms with Crippen molar-refractivity contribution in [1.82, 2.24) is 15.1 Å². The molecule has 2 rings (SSSR count). The molecule has 0 radical (unpaired) electrons. The molecule has 3 atom stereocenters. The largest absolute Gasteiger partial charge is 0.352 e. The van der Waals surface area contributed by atoms with Crippen molar-refractivity contribution >= 4 is 5.91 Å². The van der Waals surface area contributed by atoms with Crippen LogP contribution in [0.1, 0.15) is 40.0 Å². The molecular formula is C16H31N3O. The van der Waals surface area contributed by atoms with E-state index in [0.717, 1.165) is 45.1 Å². The molecule has 20 heavy (non-hydrogen) atoms. The molecule has 1 aliphatic carbocycles. The van der Waals surface area contributed by atoms with Gasteiger partial charge in [0.2, 0.25) is 5.91 Å². The lowest BCUT2D eigenvalue weighted by atomic mass is 9.78. The van der Waals surface area contributed by atoms with E-state index in [1.807, 2.05) is 0 Å². The zero-order chi connectivity index (χ0) is 14.5. The van der Waals surface area contributed by atoms with Crippen LogP contribution in [0.15, 0.2) is 0 Å². The smallest absolute Gasteiger partial charge is 0.234 e. The van der Waals surface area contributed by atoms with Gasteiger partial charge < -0.3 is 10.2 Å². The summed E-state index contributed by atoms with van der Waals surface area (Å²) in [4.78, 5) is 17.0. The third-order valence-corrected chi connectivity index (χ3v) is 5.33. The summed E-state index contributed by atoms with van der Waals surface area (Å²) in [6.45, 7) is 12.7. The molecule has 1 saturated carbocycles. The summed E-state index contributed by atoms with van der Waals surface area (Å²) < 4.78 is 0. The van der Waals surface area contributed by atoms with Gasteiger partial charge in [-0.25, -0.2) is 0 Å². The van der Waals surface area contributed by atoms with Gasteiger partial charge in [0.1, 0.15) is 0 Å². The lowest BCUT2D eigenvalue weighted by molar-refractivity contribution is -0.124. The molecule has 0 aromatic heterocycles. The van der Waals surface area contributed by atoms with E-state index in [4.69, 9.17) is 0 Å². The van der Waals surface area contributed by atoms with E-state index >= 15 is 0 Å². The standard InChI is InChI=1S/C16H31N3O/c1-4-18-8-10-19(11-9-18)12-16(20)17-15-7-5-6-13(2)14(15)3/h13-15H,4-12H2,1-3H3,(H,17,20). The van der Waals surface area contributed by atoms with Crippen molar-refractivity contribution < 1.29 is 4.79 Å². The van der Waals surface area contributed by atoms with Gasteiger partial charge in [0.05, 0.1) is 6.54 Å². The number of rotatable bonds is 4. The van der Waals surface area contributed by atoms with Crippen molar-refractivity contribution in [1.29, 1.82) is 0 Å². The topological polar surface area (TPSA) is 35.6 Å². The van der Waals surface area contributed by atoms with Crippen LogP contribution in [0.3, 0.4) is 0 Å². The number of nitrogens with zero attached hydrogens (tertiary/aromatic N) is 2. The van der Waals surface area contributed by atoms with Crippen LogP contribution in [0, 0.1) is 11.8 Å². The molecule has 0 bridgehead atoms. The van der Waals surface area contributed by atoms with Crippen LogP contribution in [0.4, 0.5) is 0 Å². The van der Waals surface area contributed by atoms with Crippen LogP contribution in [-0.4, -0.2) is 61.0 Å². The summed E-state index contributed by atoms with van der Waals surface area (Å²) in [6.07, 6.45) is 3.72. The number of nitrogens with one attached hydrogen (secondary N) is 1. The fraction of sp³-hybridized carbons (Fsp3) is 0.938. The maximum Gasteiger partial charge on any atom is 0.234 e. The molecule has 0 spiro atoms. The predicted molar refractivity (Wildman–Crippen MR) is 82.7 cm³/mol. The molecule has 2 aliphatic rings. The molecule has 1 amide bonds. The van der Waals surface area contributed by atoms with Crippen LogP contribution in [0.25, 0.3) is 0 Å². The molecule has 1 aliphatic heterocycles. The van der Waals surface area contributed by atoms with Gasteiger partial charge in [-0.1, -0.05) is 33.6 Å². The molecule has 0 aromatic rings. The summed E-state index contributed by atoms with van der Waals surface area (Å²) in [6, 6.07) is 0.392. The van der Waals surface area contributed by atoms with Crippen LogP contribution in [0.2, 0.25) is 0 Å². The summed E-state index contributed by atoms with van der Waals surface area (Å²) in [5.74, 6) is 1.58. The average molecular weight is 281 g/mol. The normalized spacial score (nSPS) is 33.0. The quantitative estimate of drug-likeness (QED) is 0.849. The summed E-state index contributed by atoms with van der Waals surface area (Å²) >= 11 is 0. The average Bonchev–Trinajstić information content (AvgIpc) is 2.45. The van der Waals surface area contributed by atoms with E-state index in [2.05, 4.69) is 35.9 Å². The zero-order valence-corrected chi connectivity index (χ0v) is 13.4. The second-order valence-corrected chi connectivity index (χ2v) is 6.65. The fourth-order valence-electron chi connectivity index (χ4n) is 3.50. The molecular weight excluding hydrogens is 250 g/mol. The van der Waals surface area contributed by atoms with E-state index in [-0.39, 0.29) is 5.91 Å². The third kappa shape index (κ3) is 4.19. The highest BCUT2D eigenvalue weighted by molar-refractivity contribution is 5.78. The summed E-state index contributed by atoms with van der Waals surface area (Å²) in [5.41, 5.74) is 0. The van der Waals surface area contributed by atoms with Crippen molar-refractivity contribution in [3.63, 3.8) is 0 Å². The first-order valence-corrected chi connectivity index (χ1v) is 8.34.